The van der Waals surface area contributed by atoms with Crippen molar-refractivity contribution in [2.75, 3.05) is 4.90 Å². The second-order valence-corrected chi connectivity index (χ2v) is 3.57. The van der Waals surface area contributed by atoms with Gasteiger partial charge >= 0.3 is 0 Å². The number of hydrazine groups is 1. The fourth-order valence-corrected chi connectivity index (χ4v) is 1.68. The lowest BCUT2D eigenvalue weighted by atomic mass is 10.2. The monoisotopic (exact) mass is 189 g/mol. The molecule has 1 aromatic rings. The highest BCUT2D eigenvalue weighted by atomic mass is 15.5. The van der Waals surface area contributed by atoms with Crippen LogP contribution in [-0.2, 0) is 0 Å². The van der Waals surface area contributed by atoms with Crippen molar-refractivity contribution in [2.24, 2.45) is 5.84 Å². The molecule has 0 amide bonds. The maximum atomic E-state index is 5.76. The van der Waals surface area contributed by atoms with Crippen molar-refractivity contribution in [2.45, 2.75) is 20.0 Å². The number of benzene rings is 1. The van der Waals surface area contributed by atoms with Gasteiger partial charge in [0.2, 0.25) is 0 Å². The van der Waals surface area contributed by atoms with Crippen molar-refractivity contribution < 1.29 is 0 Å². The van der Waals surface area contributed by atoms with Gasteiger partial charge in [0.1, 0.15) is 6.17 Å². The van der Waals surface area contributed by atoms with E-state index in [1.165, 1.54) is 11.3 Å². The molecular formula is C11H15N3. The van der Waals surface area contributed by atoms with Crippen LogP contribution >= 0.6 is 0 Å². The van der Waals surface area contributed by atoms with Gasteiger partial charge in [0.25, 0.3) is 0 Å². The third-order valence-electron chi connectivity index (χ3n) is 2.63. The Bertz CT molecular complexity index is 359. The van der Waals surface area contributed by atoms with Gasteiger partial charge in [0.15, 0.2) is 0 Å². The van der Waals surface area contributed by atoms with Crippen LogP contribution in [0.25, 0.3) is 0 Å². The third kappa shape index (κ3) is 1.36. The number of nitrogens with two attached hydrogens (primary N) is 1. The average Bonchev–Trinajstić information content (AvgIpc) is 2.49. The van der Waals surface area contributed by atoms with Crippen molar-refractivity contribution in [3.63, 3.8) is 0 Å². The minimum absolute atomic E-state index is 0.191. The summed E-state index contributed by atoms with van der Waals surface area (Å²) in [5.41, 5.74) is 2.48. The Kier molecular flexibility index (Phi) is 2.17. The quantitative estimate of drug-likeness (QED) is 0.684. The SMILES string of the molecule is Cc1ccccc1N1C=CN(N)[C@@H]1C. The Morgan fingerprint density at radius 3 is 2.50 bits per heavy atom. The molecule has 0 aliphatic carbocycles. The molecule has 14 heavy (non-hydrogen) atoms. The van der Waals surface area contributed by atoms with E-state index in [9.17, 15) is 0 Å². The number of aryl methyl sites for hydroxylation is 1. The van der Waals surface area contributed by atoms with Crippen LogP contribution in [0.1, 0.15) is 12.5 Å². The van der Waals surface area contributed by atoms with Crippen LogP contribution in [0, 0.1) is 6.92 Å². The van der Waals surface area contributed by atoms with Gasteiger partial charge in [-0.2, -0.15) is 0 Å². The predicted octanol–water partition coefficient (Wildman–Crippen LogP) is 1.81. The summed E-state index contributed by atoms with van der Waals surface area (Å²) in [6.45, 7) is 4.18. The average molecular weight is 189 g/mol. The molecular weight excluding hydrogens is 174 g/mol. The van der Waals surface area contributed by atoms with Crippen molar-refractivity contribution in [3.05, 3.63) is 42.2 Å². The summed E-state index contributed by atoms with van der Waals surface area (Å²) in [5.74, 6) is 5.76. The van der Waals surface area contributed by atoms with Crippen LogP contribution in [0.15, 0.2) is 36.7 Å². The van der Waals surface area contributed by atoms with E-state index in [0.29, 0.717) is 0 Å². The van der Waals surface area contributed by atoms with Gasteiger partial charge in [-0.3, -0.25) is 5.01 Å². The molecule has 0 radical (unpaired) electrons. The summed E-state index contributed by atoms with van der Waals surface area (Å²) in [6.07, 6.45) is 4.08. The smallest absolute Gasteiger partial charge is 0.117 e. The van der Waals surface area contributed by atoms with E-state index in [4.69, 9.17) is 5.84 Å². The zero-order valence-electron chi connectivity index (χ0n) is 8.51. The number of hydrogen-bond donors (Lipinski definition) is 1. The van der Waals surface area contributed by atoms with Gasteiger partial charge in [-0.05, 0) is 25.5 Å². The van der Waals surface area contributed by atoms with E-state index in [2.05, 4.69) is 30.9 Å². The number of rotatable bonds is 1. The summed E-state index contributed by atoms with van der Waals surface area (Å²) in [5, 5.41) is 1.70. The molecule has 0 fully saturated rings. The Labute approximate surface area is 84.4 Å². The van der Waals surface area contributed by atoms with Crippen LogP contribution in [0.4, 0.5) is 5.69 Å². The summed E-state index contributed by atoms with van der Waals surface area (Å²) in [7, 11) is 0. The van der Waals surface area contributed by atoms with E-state index in [1.807, 2.05) is 24.5 Å². The Hall–Kier alpha value is -1.48. The van der Waals surface area contributed by atoms with Gasteiger partial charge in [0, 0.05) is 18.1 Å². The van der Waals surface area contributed by atoms with E-state index in [-0.39, 0.29) is 6.17 Å². The molecule has 0 unspecified atom stereocenters. The molecule has 1 atom stereocenters. The van der Waals surface area contributed by atoms with Crippen LogP contribution in [0.3, 0.4) is 0 Å². The molecule has 0 spiro atoms. The largest absolute Gasteiger partial charge is 0.324 e. The van der Waals surface area contributed by atoms with Crippen LogP contribution in [0.2, 0.25) is 0 Å². The highest BCUT2D eigenvalue weighted by molar-refractivity contribution is 5.56. The molecule has 1 aliphatic heterocycles. The molecule has 0 bridgehead atoms. The van der Waals surface area contributed by atoms with Gasteiger partial charge < -0.3 is 4.90 Å². The van der Waals surface area contributed by atoms with Gasteiger partial charge in [-0.25, -0.2) is 5.84 Å². The van der Waals surface area contributed by atoms with E-state index < -0.39 is 0 Å². The summed E-state index contributed by atoms with van der Waals surface area (Å²) < 4.78 is 0. The highest BCUT2D eigenvalue weighted by Gasteiger charge is 2.21. The Morgan fingerprint density at radius 1 is 1.21 bits per heavy atom. The lowest BCUT2D eigenvalue weighted by molar-refractivity contribution is 0.331. The molecule has 2 rings (SSSR count). The summed E-state index contributed by atoms with van der Waals surface area (Å²) in [4.78, 5) is 2.16. The molecule has 3 nitrogen and oxygen atoms in total. The maximum Gasteiger partial charge on any atom is 0.117 e. The Balaban J connectivity index is 2.33. The zero-order chi connectivity index (χ0) is 10.1. The van der Waals surface area contributed by atoms with Crippen molar-refractivity contribution in [3.8, 4) is 0 Å². The molecule has 1 aromatic carbocycles. The number of nitrogens with zero attached hydrogens (tertiary/aromatic N) is 2. The molecule has 1 heterocycles. The van der Waals surface area contributed by atoms with Crippen molar-refractivity contribution >= 4 is 5.69 Å². The van der Waals surface area contributed by atoms with E-state index in [1.54, 1.807) is 5.01 Å². The summed E-state index contributed by atoms with van der Waals surface area (Å²) >= 11 is 0. The first-order valence-electron chi connectivity index (χ1n) is 4.75. The Morgan fingerprint density at radius 2 is 1.93 bits per heavy atom. The fourth-order valence-electron chi connectivity index (χ4n) is 1.68. The van der Waals surface area contributed by atoms with Crippen LogP contribution in [-0.4, -0.2) is 11.2 Å². The normalized spacial score (nSPS) is 20.6. The number of hydrogen-bond acceptors (Lipinski definition) is 3. The molecule has 0 saturated carbocycles. The van der Waals surface area contributed by atoms with Crippen molar-refractivity contribution in [1.29, 1.82) is 0 Å². The molecule has 74 valence electrons. The van der Waals surface area contributed by atoms with Gasteiger partial charge in [-0.1, -0.05) is 18.2 Å². The van der Waals surface area contributed by atoms with Crippen LogP contribution < -0.4 is 10.7 Å². The molecule has 3 heteroatoms. The second-order valence-electron chi connectivity index (χ2n) is 3.57. The molecule has 0 saturated heterocycles. The zero-order valence-corrected chi connectivity index (χ0v) is 8.51. The summed E-state index contributed by atoms with van der Waals surface area (Å²) in [6, 6.07) is 8.30. The lowest BCUT2D eigenvalue weighted by Gasteiger charge is -2.27. The molecule has 0 aromatic heterocycles. The van der Waals surface area contributed by atoms with Gasteiger partial charge in [0.05, 0.1) is 0 Å². The van der Waals surface area contributed by atoms with E-state index >= 15 is 0 Å². The number of para-hydroxylation sites is 1. The van der Waals surface area contributed by atoms with E-state index in [0.717, 1.165) is 0 Å². The fraction of sp³-hybridized carbons (Fsp3) is 0.273. The minimum Gasteiger partial charge on any atom is -0.324 e. The molecule has 1 aliphatic rings. The highest BCUT2D eigenvalue weighted by Crippen LogP contribution is 2.25. The maximum absolute atomic E-state index is 5.76. The second kappa shape index (κ2) is 3.35. The first kappa shape index (κ1) is 9.09. The van der Waals surface area contributed by atoms with Crippen LogP contribution in [0.5, 0.6) is 0 Å². The lowest BCUT2D eigenvalue weighted by Crippen LogP contribution is -2.40. The van der Waals surface area contributed by atoms with Gasteiger partial charge in [-0.15, -0.1) is 0 Å². The number of anilines is 1. The predicted molar refractivity (Wildman–Crippen MR) is 58.3 cm³/mol. The molecule has 2 N–H and O–H groups in total. The minimum atomic E-state index is 0.191. The third-order valence-corrected chi connectivity index (χ3v) is 2.63. The topological polar surface area (TPSA) is 32.5 Å². The standard InChI is InChI=1S/C11H15N3/c1-9-5-3-4-6-11(9)13-7-8-14(12)10(13)2/h3-8,10H,12H2,1-2H3/t10-/m1/s1. The first-order chi connectivity index (χ1) is 6.70. The first-order valence-corrected chi connectivity index (χ1v) is 4.75. The van der Waals surface area contributed by atoms with Crippen molar-refractivity contribution in [1.82, 2.24) is 5.01 Å².